The zero-order valence-corrected chi connectivity index (χ0v) is 69.4. The van der Waals surface area contributed by atoms with Gasteiger partial charge >= 0.3 is 0 Å². The van der Waals surface area contributed by atoms with Crippen molar-refractivity contribution in [3.8, 4) is 0 Å². The molecule has 0 aromatic carbocycles. The number of alkyl halides is 4. The first-order valence-electron chi connectivity index (χ1n) is 40.7. The summed E-state index contributed by atoms with van der Waals surface area (Å²) in [6.45, 7) is 80.4. The highest BCUT2D eigenvalue weighted by atomic mass is 19.3. The topological polar surface area (TPSA) is 0 Å². The Hall–Kier alpha value is -0.280. The summed E-state index contributed by atoms with van der Waals surface area (Å²) >= 11 is 0. The van der Waals surface area contributed by atoms with Crippen molar-refractivity contribution in [3.63, 3.8) is 0 Å². The largest absolute Gasteiger partial charge is 0.245 e. The predicted molar refractivity (Wildman–Crippen MR) is 411 cm³/mol. The summed E-state index contributed by atoms with van der Waals surface area (Å²) in [6, 6.07) is 0. The highest BCUT2D eigenvalue weighted by molar-refractivity contribution is 4.76. The van der Waals surface area contributed by atoms with Gasteiger partial charge in [0.15, 0.2) is 0 Å². The van der Waals surface area contributed by atoms with Gasteiger partial charge in [-0.15, -0.1) is 0 Å². The fourth-order valence-electron chi connectivity index (χ4n) is 5.41. The quantitative estimate of drug-likeness (QED) is 0.247. The summed E-state index contributed by atoms with van der Waals surface area (Å²) in [6.07, 6.45) is 30.4. The van der Waals surface area contributed by atoms with Gasteiger partial charge in [-0.3, -0.25) is 0 Å². The lowest BCUT2D eigenvalue weighted by molar-refractivity contribution is 0.0174. The molecule has 0 N–H and O–H groups in total. The van der Waals surface area contributed by atoms with Crippen LogP contribution in [0.2, 0.25) is 0 Å². The first kappa shape index (κ1) is 95.4. The van der Waals surface area contributed by atoms with E-state index in [1.165, 1.54) is 183 Å². The van der Waals surface area contributed by atoms with E-state index in [0.717, 1.165) is 49.4 Å². The lowest BCUT2D eigenvalue weighted by Gasteiger charge is -2.32. The molecule has 4 aliphatic rings. The second-order valence-electron chi connectivity index (χ2n) is 33.1. The molecule has 4 fully saturated rings. The zero-order valence-electron chi connectivity index (χ0n) is 77.4. The molecule has 0 nitrogen and oxygen atoms in total. The maximum atomic E-state index is 11.5. The van der Waals surface area contributed by atoms with Crippen molar-refractivity contribution in [1.29, 1.82) is 0 Å². The minimum atomic E-state index is -2.46. The average molecular weight is 1270 g/mol. The van der Waals surface area contributed by atoms with Crippen LogP contribution < -0.4 is 0 Å². The van der Waals surface area contributed by atoms with Crippen LogP contribution in [0.4, 0.5) is 17.6 Å². The molecule has 4 saturated carbocycles. The Balaban J connectivity index is -0.0000000693. The van der Waals surface area contributed by atoms with Crippen molar-refractivity contribution in [3.05, 3.63) is 0 Å². The molecule has 0 atom stereocenters. The van der Waals surface area contributed by atoms with E-state index in [0.29, 0.717) is 27.1 Å². The third kappa shape index (κ3) is 243. The average Bonchev–Trinajstić information content (AvgIpc) is 1.00. The molecule has 4 heteroatoms. The number of hydrogen-bond donors (Lipinski definition) is 0. The molecular weight excluding hydrogens is 1070 g/mol. The summed E-state index contributed by atoms with van der Waals surface area (Å²) in [5.41, 5.74) is 1.12. The van der Waals surface area contributed by atoms with Gasteiger partial charge in [0.1, 0.15) is 0 Å². The normalized spacial score (nSPS) is 18.9. The predicted octanol–water partition coefficient (Wildman–Crippen LogP) is 34.3. The van der Waals surface area contributed by atoms with Crippen LogP contribution in [-0.4, -0.2) is 11.8 Å². The number of halogens is 4. The fourth-order valence-corrected chi connectivity index (χ4v) is 5.41. The Morgan fingerprint density at radius 2 is 0.517 bits per heavy atom. The van der Waals surface area contributed by atoms with E-state index in [2.05, 4.69) is 208 Å². The number of unbranched alkanes of at least 4 members (excludes halogenated alkanes) is 1. The van der Waals surface area contributed by atoms with Crippen LogP contribution in [0.25, 0.3) is 0 Å². The molecule has 4 aliphatic carbocycles. The Morgan fingerprint density at radius 3 is 0.598 bits per heavy atom. The van der Waals surface area contributed by atoms with Crippen molar-refractivity contribution in [2.24, 2.45) is 68.0 Å². The van der Waals surface area contributed by atoms with Gasteiger partial charge in [0.25, 0.3) is 0 Å². The van der Waals surface area contributed by atoms with Crippen LogP contribution in [0.3, 0.4) is 0 Å². The van der Waals surface area contributed by atoms with Crippen molar-refractivity contribution < 1.29 is 28.5 Å². The monoisotopic (exact) mass is 1270 g/mol. The van der Waals surface area contributed by atoms with Gasteiger partial charge in [0.05, 0.1) is 0 Å². The van der Waals surface area contributed by atoms with Crippen LogP contribution in [0.1, 0.15) is 476 Å². The van der Waals surface area contributed by atoms with Gasteiger partial charge in [0.2, 0.25) is 11.8 Å². The molecule has 0 aromatic rings. The van der Waals surface area contributed by atoms with Crippen LogP contribution in [0.15, 0.2) is 0 Å². The summed E-state index contributed by atoms with van der Waals surface area (Å²) in [7, 11) is 0. The molecule has 0 amide bonds. The standard InChI is InChI=1S/C9H18.C8H16.C7H14.C6H12.2C6H14.3C5H12.2C4H8F2.2C4H10.2C3H8.2C2H6/c1-8-4-6-9(2,3)7-5-8;1-7-3-5-8(2)6-4-7;1-7-5-3-2-4-6-7;1-6-4-2-3-5-6;2*1-5-6(2,3)4;3*1-5(2,3)4;2*1-3-4(2,5)6;1-4(2)3;1-3-4-2;2*1-3-2;2*1-2/h8H,4-7H2,1-3H3;7-8H,3-6H2,1-2H3;7H,2-6H2,1H3;6H,2-5H2,1H3;2*5H2,1-4H3;3*1-4H3;2*3H2,1-2H3;4H,1-3H3;3-4H2,1-2H3;2*3H2,1-2H3;2*1-2H3/i;;;;;;1D3,2D3;;;;;;;3D2;;;. The molecule has 0 heterocycles. The smallest absolute Gasteiger partial charge is 0.207 e. The highest BCUT2D eigenvalue weighted by Gasteiger charge is 2.24. The van der Waals surface area contributed by atoms with Gasteiger partial charge in [0, 0.05) is 23.8 Å². The maximum Gasteiger partial charge on any atom is 0.245 e. The molecule has 0 aliphatic heterocycles. The van der Waals surface area contributed by atoms with Gasteiger partial charge in [-0.2, -0.15) is 0 Å². The Kier molecular flexibility index (Phi) is 82.0. The molecule has 87 heavy (non-hydrogen) atoms. The molecule has 0 unspecified atom stereocenters. The summed E-state index contributed by atoms with van der Waals surface area (Å²) < 4.78 is 101. The SMILES string of the molecule is CC.CC.CC(C)(C)C.CC(C)(C)C.CC(C)C.CC1CCC(C)(C)CC1.CC1CCC(C)CC1.CC1CCCC1.CC1CCCCC1.CCC.CCC(C)(C)C.CCC(C)(C)C.CCC(C)(F)F.CCC(C)(F)F.CCCC.[2H]C([2H])(C)C.[2H]C([2H])([2H])C(C)(C)C([2H])([2H])[2H]. The van der Waals surface area contributed by atoms with Crippen molar-refractivity contribution in [2.45, 2.75) is 477 Å². The lowest BCUT2D eigenvalue weighted by Crippen LogP contribution is -2.19. The second-order valence-corrected chi connectivity index (χ2v) is 33.1. The molecule has 0 bridgehead atoms. The fraction of sp³-hybridized carbons (Fsp3) is 1.00. The Morgan fingerprint density at radius 1 is 0.368 bits per heavy atom. The minimum absolute atomic E-state index is 0.0625. The first-order chi connectivity index (χ1) is 42.0. The van der Waals surface area contributed by atoms with Gasteiger partial charge in [-0.05, 0) is 94.7 Å². The van der Waals surface area contributed by atoms with E-state index < -0.39 is 37.3 Å². The summed E-state index contributed by atoms with van der Waals surface area (Å²) in [5, 5.41) is 0. The molecule has 4 rings (SSSR count). The second kappa shape index (κ2) is 74.8. The minimum Gasteiger partial charge on any atom is -0.207 e. The van der Waals surface area contributed by atoms with E-state index in [1.807, 2.05) is 27.7 Å². The Labute approximate surface area is 571 Å². The molecule has 0 saturated heterocycles. The third-order valence-corrected chi connectivity index (χ3v) is 12.3. The van der Waals surface area contributed by atoms with E-state index >= 15 is 0 Å². The zero-order chi connectivity index (χ0) is 79.9. The van der Waals surface area contributed by atoms with Crippen LogP contribution in [0, 0.1) is 68.0 Å². The molecule has 0 radical (unpaired) electrons. The lowest BCUT2D eigenvalue weighted by atomic mass is 9.74. The highest BCUT2D eigenvalue weighted by Crippen LogP contribution is 2.37. The van der Waals surface area contributed by atoms with Crippen molar-refractivity contribution >= 4 is 0 Å². The van der Waals surface area contributed by atoms with Gasteiger partial charge in [-0.25, -0.2) is 17.6 Å². The summed E-state index contributed by atoms with van der Waals surface area (Å²) in [5.74, 6) is 1.04. The number of rotatable bonds is 3. The van der Waals surface area contributed by atoms with E-state index in [1.54, 1.807) is 0 Å². The van der Waals surface area contributed by atoms with Crippen LogP contribution in [-0.2, 0) is 0 Å². The molecule has 0 aromatic heterocycles. The van der Waals surface area contributed by atoms with E-state index in [9.17, 15) is 17.6 Å². The summed E-state index contributed by atoms with van der Waals surface area (Å²) in [4.78, 5) is 0. The molecule has 548 valence electrons. The molecule has 0 spiro atoms. The van der Waals surface area contributed by atoms with Crippen LogP contribution >= 0.6 is 0 Å². The van der Waals surface area contributed by atoms with E-state index in [4.69, 9.17) is 11.0 Å². The number of hydrogen-bond acceptors (Lipinski definition) is 0. The van der Waals surface area contributed by atoms with Gasteiger partial charge in [-0.1, -0.05) is 425 Å². The van der Waals surface area contributed by atoms with Crippen molar-refractivity contribution in [2.75, 3.05) is 0 Å². The van der Waals surface area contributed by atoms with Gasteiger partial charge < -0.3 is 0 Å². The molecular formula is C83H188F4. The van der Waals surface area contributed by atoms with Crippen LogP contribution in [0.5, 0.6) is 0 Å². The Bertz CT molecular complexity index is 1260. The first-order valence-corrected chi connectivity index (χ1v) is 36.7. The van der Waals surface area contributed by atoms with E-state index in [-0.39, 0.29) is 12.8 Å². The van der Waals surface area contributed by atoms with Crippen molar-refractivity contribution in [1.82, 2.24) is 0 Å². The maximum absolute atomic E-state index is 11.5. The third-order valence-electron chi connectivity index (χ3n) is 12.3.